The van der Waals surface area contributed by atoms with E-state index in [1.165, 1.54) is 4.68 Å². The minimum Gasteiger partial charge on any atom is -0.354 e. The van der Waals surface area contributed by atoms with E-state index >= 15 is 0 Å². The van der Waals surface area contributed by atoms with Gasteiger partial charge in [0.15, 0.2) is 0 Å². The molecular weight excluding hydrogens is 430 g/mol. The number of benzene rings is 1. The molecule has 9 heteroatoms. The third-order valence-electron chi connectivity index (χ3n) is 6.04. The summed E-state index contributed by atoms with van der Waals surface area (Å²) in [6, 6.07) is 9.29. The van der Waals surface area contributed by atoms with Crippen molar-refractivity contribution in [2.75, 3.05) is 14.1 Å². The highest BCUT2D eigenvalue weighted by Gasteiger charge is 2.21. The first kappa shape index (κ1) is 23.2. The van der Waals surface area contributed by atoms with E-state index in [2.05, 4.69) is 22.3 Å². The van der Waals surface area contributed by atoms with Gasteiger partial charge in [0.2, 0.25) is 0 Å². The van der Waals surface area contributed by atoms with Gasteiger partial charge in [-0.1, -0.05) is 18.6 Å². The maximum atomic E-state index is 13.7. The van der Waals surface area contributed by atoms with Crippen molar-refractivity contribution in [1.29, 1.82) is 0 Å². The predicted molar refractivity (Wildman–Crippen MR) is 130 cm³/mol. The van der Waals surface area contributed by atoms with Gasteiger partial charge in [0.05, 0.1) is 35.2 Å². The van der Waals surface area contributed by atoms with Crippen LogP contribution in [-0.2, 0) is 27.1 Å². The summed E-state index contributed by atoms with van der Waals surface area (Å²) < 4.78 is 3.54. The zero-order valence-electron chi connectivity index (χ0n) is 20.4. The summed E-state index contributed by atoms with van der Waals surface area (Å²) in [7, 11) is 7.03. The van der Waals surface area contributed by atoms with Gasteiger partial charge in [-0.2, -0.15) is 5.10 Å². The van der Waals surface area contributed by atoms with Crippen LogP contribution in [0.5, 0.6) is 0 Å². The van der Waals surface area contributed by atoms with E-state index in [0.29, 0.717) is 34.7 Å². The molecule has 0 aliphatic heterocycles. The molecule has 3 heterocycles. The number of rotatable bonds is 6. The van der Waals surface area contributed by atoms with Gasteiger partial charge in [-0.05, 0) is 31.2 Å². The quantitative estimate of drug-likeness (QED) is 0.478. The Morgan fingerprint density at radius 2 is 1.88 bits per heavy atom. The maximum absolute atomic E-state index is 13.7. The Kier molecular flexibility index (Phi) is 6.19. The molecule has 0 radical (unpaired) electrons. The molecule has 4 aromatic rings. The SMILES string of the molecule is CCc1ncc(CN(C)C(=O)c2cc(-c3cc(C(=O)NC)n(C)n3)nc3ccc(C)cc23)n1C. The average molecular weight is 460 g/mol. The number of fused-ring (bicyclic) bond motifs is 1. The van der Waals surface area contributed by atoms with Gasteiger partial charge in [-0.3, -0.25) is 14.3 Å². The Labute approximate surface area is 198 Å². The van der Waals surface area contributed by atoms with Crippen molar-refractivity contribution in [3.8, 4) is 11.4 Å². The molecule has 0 unspecified atom stereocenters. The predicted octanol–water partition coefficient (Wildman–Crippen LogP) is 2.87. The minimum absolute atomic E-state index is 0.124. The second-order valence-corrected chi connectivity index (χ2v) is 8.43. The molecule has 0 bridgehead atoms. The summed E-state index contributed by atoms with van der Waals surface area (Å²) in [6.45, 7) is 4.47. The molecule has 0 spiro atoms. The molecule has 176 valence electrons. The van der Waals surface area contributed by atoms with Crippen LogP contribution in [0.1, 0.15) is 44.9 Å². The van der Waals surface area contributed by atoms with Crippen LogP contribution < -0.4 is 5.32 Å². The highest BCUT2D eigenvalue weighted by Crippen LogP contribution is 2.27. The van der Waals surface area contributed by atoms with Crippen molar-refractivity contribution in [2.45, 2.75) is 26.8 Å². The Balaban J connectivity index is 1.78. The molecule has 0 saturated heterocycles. The first-order chi connectivity index (χ1) is 16.2. The standard InChI is InChI=1S/C25H29N7O2/c1-7-23-27-13-16(31(23)5)14-30(4)25(34)18-11-20(28-19-9-8-15(2)10-17(18)19)21-12-22(24(33)26-3)32(6)29-21/h8-13H,7,14H2,1-6H3,(H,26,33). The van der Waals surface area contributed by atoms with Gasteiger partial charge in [-0.15, -0.1) is 0 Å². The third-order valence-corrected chi connectivity index (χ3v) is 6.04. The molecule has 2 amide bonds. The van der Waals surface area contributed by atoms with Gasteiger partial charge in [0.1, 0.15) is 17.2 Å². The number of nitrogens with zero attached hydrogens (tertiary/aromatic N) is 6. The molecular formula is C25H29N7O2. The monoisotopic (exact) mass is 459 g/mol. The average Bonchev–Trinajstić information content (AvgIpc) is 3.39. The number of aromatic nitrogens is 5. The number of carbonyl (C=O) groups is 2. The fourth-order valence-electron chi connectivity index (χ4n) is 4.06. The number of pyridine rings is 1. The lowest BCUT2D eigenvalue weighted by molar-refractivity contribution is 0.0784. The highest BCUT2D eigenvalue weighted by molar-refractivity contribution is 6.07. The van der Waals surface area contributed by atoms with Crippen molar-refractivity contribution < 1.29 is 9.59 Å². The van der Waals surface area contributed by atoms with Crippen molar-refractivity contribution in [3.05, 3.63) is 64.9 Å². The Morgan fingerprint density at radius 3 is 2.56 bits per heavy atom. The highest BCUT2D eigenvalue weighted by atomic mass is 16.2. The number of imidazole rings is 1. The number of carbonyl (C=O) groups excluding carboxylic acids is 2. The van der Waals surface area contributed by atoms with Gasteiger partial charge < -0.3 is 14.8 Å². The molecule has 4 rings (SSSR count). The number of hydrogen-bond acceptors (Lipinski definition) is 5. The summed E-state index contributed by atoms with van der Waals surface area (Å²) in [4.78, 5) is 36.7. The van der Waals surface area contributed by atoms with Crippen LogP contribution in [0.15, 0.2) is 36.5 Å². The van der Waals surface area contributed by atoms with Crippen LogP contribution in [0.2, 0.25) is 0 Å². The van der Waals surface area contributed by atoms with Gasteiger partial charge in [0.25, 0.3) is 11.8 Å². The van der Waals surface area contributed by atoms with E-state index in [4.69, 9.17) is 4.98 Å². The number of amides is 2. The van der Waals surface area contributed by atoms with Gasteiger partial charge in [-0.25, -0.2) is 9.97 Å². The number of nitrogens with one attached hydrogen (secondary N) is 1. The topological polar surface area (TPSA) is 97.9 Å². The van der Waals surface area contributed by atoms with E-state index in [1.807, 2.05) is 42.9 Å². The molecule has 34 heavy (non-hydrogen) atoms. The molecule has 9 nitrogen and oxygen atoms in total. The Bertz CT molecular complexity index is 1400. The minimum atomic E-state index is -0.240. The summed E-state index contributed by atoms with van der Waals surface area (Å²) in [5.74, 6) is 0.613. The lowest BCUT2D eigenvalue weighted by atomic mass is 10.0. The second kappa shape index (κ2) is 9.09. The van der Waals surface area contributed by atoms with Crippen LogP contribution in [-0.4, -0.2) is 55.1 Å². The van der Waals surface area contributed by atoms with Crippen LogP contribution in [0, 0.1) is 6.92 Å². The largest absolute Gasteiger partial charge is 0.354 e. The van der Waals surface area contributed by atoms with Crippen molar-refractivity contribution in [2.24, 2.45) is 14.1 Å². The molecule has 1 N–H and O–H groups in total. The van der Waals surface area contributed by atoms with E-state index in [1.54, 1.807) is 38.2 Å². The van der Waals surface area contributed by atoms with Crippen molar-refractivity contribution in [3.63, 3.8) is 0 Å². The van der Waals surface area contributed by atoms with E-state index < -0.39 is 0 Å². The number of aryl methyl sites for hydroxylation is 3. The third kappa shape index (κ3) is 4.16. The fraction of sp³-hybridized carbons (Fsp3) is 0.320. The van der Waals surface area contributed by atoms with E-state index in [-0.39, 0.29) is 11.8 Å². The first-order valence-corrected chi connectivity index (χ1v) is 11.2. The van der Waals surface area contributed by atoms with Crippen LogP contribution in [0.3, 0.4) is 0 Å². The van der Waals surface area contributed by atoms with Crippen LogP contribution in [0.4, 0.5) is 0 Å². The summed E-state index contributed by atoms with van der Waals surface area (Å²) in [5, 5.41) is 7.86. The molecule has 1 aromatic carbocycles. The van der Waals surface area contributed by atoms with E-state index in [9.17, 15) is 9.59 Å². The lowest BCUT2D eigenvalue weighted by Crippen LogP contribution is -2.27. The van der Waals surface area contributed by atoms with E-state index in [0.717, 1.165) is 28.9 Å². The Hall–Kier alpha value is -4.01. The van der Waals surface area contributed by atoms with Gasteiger partial charge >= 0.3 is 0 Å². The maximum Gasteiger partial charge on any atom is 0.269 e. The zero-order valence-corrected chi connectivity index (χ0v) is 20.4. The van der Waals surface area contributed by atoms with Crippen LogP contribution >= 0.6 is 0 Å². The zero-order chi connectivity index (χ0) is 24.6. The van der Waals surface area contributed by atoms with Gasteiger partial charge in [0, 0.05) is 40.0 Å². The van der Waals surface area contributed by atoms with Crippen molar-refractivity contribution in [1.82, 2.24) is 34.5 Å². The van der Waals surface area contributed by atoms with Crippen molar-refractivity contribution >= 4 is 22.7 Å². The Morgan fingerprint density at radius 1 is 1.12 bits per heavy atom. The van der Waals surface area contributed by atoms with Crippen LogP contribution in [0.25, 0.3) is 22.3 Å². The lowest BCUT2D eigenvalue weighted by Gasteiger charge is -2.19. The molecule has 0 aliphatic carbocycles. The molecule has 0 aliphatic rings. The second-order valence-electron chi connectivity index (χ2n) is 8.43. The molecule has 0 saturated carbocycles. The normalized spacial score (nSPS) is 11.1. The summed E-state index contributed by atoms with van der Waals surface area (Å²) in [5.41, 5.74) is 4.71. The smallest absolute Gasteiger partial charge is 0.269 e. The fourth-order valence-corrected chi connectivity index (χ4v) is 4.06. The molecule has 3 aromatic heterocycles. The first-order valence-electron chi connectivity index (χ1n) is 11.2. The molecule has 0 fully saturated rings. The summed E-state index contributed by atoms with van der Waals surface area (Å²) >= 11 is 0. The number of hydrogen-bond donors (Lipinski definition) is 1. The summed E-state index contributed by atoms with van der Waals surface area (Å²) in [6.07, 6.45) is 2.64. The molecule has 0 atom stereocenters.